The number of carbonyl (C=O) groups excluding carboxylic acids is 3. The number of hydrogen-bond acceptors (Lipinski definition) is 10. The lowest BCUT2D eigenvalue weighted by molar-refractivity contribution is -0.141. The number of nitrogens with zero attached hydrogens (tertiary/aromatic N) is 1. The molecule has 1 aliphatic heterocycles. The summed E-state index contributed by atoms with van der Waals surface area (Å²) in [6.07, 6.45) is 9.36. The van der Waals surface area contributed by atoms with E-state index in [0.717, 1.165) is 52.7 Å². The van der Waals surface area contributed by atoms with Crippen LogP contribution in [0.3, 0.4) is 0 Å². The van der Waals surface area contributed by atoms with Crippen LogP contribution in [-0.4, -0.2) is 111 Å². The van der Waals surface area contributed by atoms with E-state index in [0.29, 0.717) is 42.9 Å². The fourth-order valence-electron chi connectivity index (χ4n) is 7.16. The Bertz CT molecular complexity index is 1930. The van der Waals surface area contributed by atoms with Gasteiger partial charge < -0.3 is 39.8 Å². The second-order valence-corrected chi connectivity index (χ2v) is 15.6. The zero-order valence-electron chi connectivity index (χ0n) is 36.5. The quantitative estimate of drug-likeness (QED) is 0.0509. The molecule has 4 N–H and O–H groups in total. The molecule has 14 heteroatoms. The van der Waals surface area contributed by atoms with Gasteiger partial charge in [-0.15, -0.1) is 0 Å². The SMILES string of the molecule is CC(C(=O)O)N(C)C(=O)OCC1c2ccccc2-c2ccccc21.CNC(=O)CC[C@]1(C)OC1CC(CC(C/C=C/C=C(\C)Cc1ccc(Cl)c(OC)c1)NC)OC=O.CO. The molecule has 5 rings (SSSR count). The third-order valence-electron chi connectivity index (χ3n) is 11.0. The molecule has 0 saturated carbocycles. The van der Waals surface area contributed by atoms with Gasteiger partial charge in [0.25, 0.3) is 6.47 Å². The largest absolute Gasteiger partial charge is 0.495 e. The van der Waals surface area contributed by atoms with Crippen molar-refractivity contribution in [1.82, 2.24) is 15.5 Å². The zero-order valence-corrected chi connectivity index (χ0v) is 37.2. The molecule has 3 aromatic rings. The summed E-state index contributed by atoms with van der Waals surface area (Å²) in [5.41, 5.74) is 6.59. The van der Waals surface area contributed by atoms with Crippen molar-refractivity contribution in [3.8, 4) is 16.9 Å². The summed E-state index contributed by atoms with van der Waals surface area (Å²) in [6, 6.07) is 21.2. The number of likely N-dealkylation sites (N-methyl/N-ethyl adjacent to an activating group) is 1. The molecular weight excluding hydrogens is 802 g/mol. The number of amides is 2. The number of benzene rings is 3. The number of aliphatic hydroxyl groups excluding tert-OH is 1. The number of fused-ring (bicyclic) bond motifs is 3. The number of carboxylic acids is 1. The highest BCUT2D eigenvalue weighted by atomic mass is 35.5. The normalized spacial score (nSPS) is 17.8. The maximum absolute atomic E-state index is 12.1. The topological polar surface area (TPSA) is 176 Å². The minimum Gasteiger partial charge on any atom is -0.495 e. The molecule has 2 aliphatic rings. The van der Waals surface area contributed by atoms with Crippen LogP contribution in [0.25, 0.3) is 11.1 Å². The molecule has 3 aromatic carbocycles. The molecule has 13 nitrogen and oxygen atoms in total. The number of rotatable bonds is 20. The van der Waals surface area contributed by atoms with Crippen molar-refractivity contribution < 1.29 is 48.3 Å². The number of nitrogens with one attached hydrogen (secondary N) is 2. The van der Waals surface area contributed by atoms with Crippen LogP contribution in [0.4, 0.5) is 4.79 Å². The number of carbonyl (C=O) groups is 4. The lowest BCUT2D eigenvalue weighted by Gasteiger charge is -2.22. The number of aliphatic carboxylic acids is 1. The molecule has 0 radical (unpaired) electrons. The predicted molar refractivity (Wildman–Crippen MR) is 237 cm³/mol. The van der Waals surface area contributed by atoms with Gasteiger partial charge in [-0.05, 0) is 87.0 Å². The Hall–Kier alpha value is -5.21. The number of ether oxygens (including phenoxy) is 4. The average Bonchev–Trinajstić information content (AvgIpc) is 3.80. The maximum Gasteiger partial charge on any atom is 0.410 e. The third kappa shape index (κ3) is 14.7. The highest BCUT2D eigenvalue weighted by Gasteiger charge is 2.52. The van der Waals surface area contributed by atoms with Crippen LogP contribution in [-0.2, 0) is 35.0 Å². The highest BCUT2D eigenvalue weighted by Crippen LogP contribution is 2.45. The van der Waals surface area contributed by atoms with Gasteiger partial charge in [0, 0.05) is 52.4 Å². The fourth-order valence-corrected chi connectivity index (χ4v) is 7.35. The second kappa shape index (κ2) is 24.9. The maximum atomic E-state index is 12.1. The summed E-state index contributed by atoms with van der Waals surface area (Å²) >= 11 is 6.10. The van der Waals surface area contributed by atoms with Crippen LogP contribution in [0, 0.1) is 0 Å². The van der Waals surface area contributed by atoms with Gasteiger partial charge >= 0.3 is 12.1 Å². The Morgan fingerprint density at radius 1 is 1.03 bits per heavy atom. The zero-order chi connectivity index (χ0) is 45.1. The van der Waals surface area contributed by atoms with Crippen molar-refractivity contribution >= 4 is 36.0 Å². The van der Waals surface area contributed by atoms with E-state index in [2.05, 4.69) is 47.9 Å². The summed E-state index contributed by atoms with van der Waals surface area (Å²) in [7, 11) is 7.58. The van der Waals surface area contributed by atoms with E-state index >= 15 is 0 Å². The Morgan fingerprint density at radius 3 is 2.25 bits per heavy atom. The van der Waals surface area contributed by atoms with E-state index in [1.165, 1.54) is 19.5 Å². The van der Waals surface area contributed by atoms with Gasteiger partial charge in [0.2, 0.25) is 5.91 Å². The van der Waals surface area contributed by atoms with Gasteiger partial charge in [-0.1, -0.05) is 90.0 Å². The minimum atomic E-state index is -1.06. The first kappa shape index (κ1) is 50.1. The number of hydrogen-bond donors (Lipinski definition) is 4. The first-order valence-corrected chi connectivity index (χ1v) is 20.7. The predicted octanol–water partition coefficient (Wildman–Crippen LogP) is 7.33. The lowest BCUT2D eigenvalue weighted by Crippen LogP contribution is -2.40. The van der Waals surface area contributed by atoms with E-state index in [9.17, 15) is 19.2 Å². The molecule has 0 aromatic heterocycles. The Kier molecular flexibility index (Phi) is 20.5. The van der Waals surface area contributed by atoms with Crippen molar-refractivity contribution in [2.75, 3.05) is 42.0 Å². The monoisotopic (exact) mass is 863 g/mol. The van der Waals surface area contributed by atoms with Crippen molar-refractivity contribution in [1.29, 1.82) is 0 Å². The van der Waals surface area contributed by atoms with E-state index < -0.39 is 18.1 Å². The smallest absolute Gasteiger partial charge is 0.410 e. The lowest BCUT2D eigenvalue weighted by atomic mass is 9.94. The Balaban J connectivity index is 0.000000331. The van der Waals surface area contributed by atoms with Crippen molar-refractivity contribution in [2.24, 2.45) is 0 Å². The van der Waals surface area contributed by atoms with E-state index in [1.807, 2.05) is 68.6 Å². The van der Waals surface area contributed by atoms with Gasteiger partial charge in [-0.2, -0.15) is 0 Å². The number of allylic oxidation sites excluding steroid dienone is 3. The van der Waals surface area contributed by atoms with Crippen LogP contribution < -0.4 is 15.4 Å². The molecule has 1 saturated heterocycles. The third-order valence-corrected chi connectivity index (χ3v) is 11.4. The van der Waals surface area contributed by atoms with Crippen LogP contribution in [0.1, 0.15) is 75.5 Å². The molecule has 0 spiro atoms. The number of epoxide rings is 1. The molecule has 332 valence electrons. The van der Waals surface area contributed by atoms with Crippen LogP contribution in [0.5, 0.6) is 5.75 Å². The Morgan fingerprint density at radius 2 is 1.67 bits per heavy atom. The average molecular weight is 864 g/mol. The second-order valence-electron chi connectivity index (χ2n) is 15.2. The van der Waals surface area contributed by atoms with Crippen LogP contribution in [0.2, 0.25) is 5.02 Å². The van der Waals surface area contributed by atoms with E-state index in [-0.39, 0.29) is 42.3 Å². The standard InChI is InChI=1S/C27H39ClN2O5.C19H19NO4.CH4O/c1-19(14-20-10-11-23(28)24(15-20)33-5)8-6-7-9-21(29-3)16-22(34-18-31)17-25-27(2,35-25)13-12-26(32)30-4;1-12(18(21)22)20(2)19(23)24-11-17-15-9-5-3-7-13(15)14-8-4-6-10-16(14)17;1-2/h6-8,10-11,15,18,21-22,25,29H,9,12-14,16-17H2,1-5H3,(H,30,32);3-10,12,17H,11H2,1-2H3,(H,21,22);2H,1H3/b7-6+,19-8+;;/t21?,22?,25?,27-;;/m0../s1. The van der Waals surface area contributed by atoms with Gasteiger partial charge in [0.05, 0.1) is 23.8 Å². The fraction of sp³-hybridized carbons (Fsp3) is 0.447. The summed E-state index contributed by atoms with van der Waals surface area (Å²) in [4.78, 5) is 46.8. The summed E-state index contributed by atoms with van der Waals surface area (Å²) in [5, 5.41) is 22.5. The molecule has 1 fully saturated rings. The van der Waals surface area contributed by atoms with Gasteiger partial charge in [-0.25, -0.2) is 9.59 Å². The molecule has 61 heavy (non-hydrogen) atoms. The highest BCUT2D eigenvalue weighted by molar-refractivity contribution is 6.32. The summed E-state index contributed by atoms with van der Waals surface area (Å²) < 4.78 is 21.9. The first-order chi connectivity index (χ1) is 29.2. The number of methoxy groups -OCH3 is 1. The van der Waals surface area contributed by atoms with Crippen molar-refractivity contribution in [2.45, 2.75) is 95.1 Å². The van der Waals surface area contributed by atoms with E-state index in [4.69, 9.17) is 40.8 Å². The first-order valence-electron chi connectivity index (χ1n) is 20.3. The number of carboxylic acid groups (broad SMARTS) is 1. The van der Waals surface area contributed by atoms with Crippen LogP contribution in [0.15, 0.2) is 90.5 Å². The number of aliphatic hydroxyl groups is 1. The number of halogens is 1. The van der Waals surface area contributed by atoms with Gasteiger partial charge in [0.1, 0.15) is 24.5 Å². The van der Waals surface area contributed by atoms with Gasteiger partial charge in [0.15, 0.2) is 0 Å². The molecule has 4 unspecified atom stereocenters. The Labute approximate surface area is 365 Å². The minimum absolute atomic E-state index is 0.000351. The van der Waals surface area contributed by atoms with Crippen molar-refractivity contribution in [3.05, 3.63) is 112 Å². The summed E-state index contributed by atoms with van der Waals surface area (Å²) in [6.45, 7) is 6.24. The molecule has 1 heterocycles. The summed E-state index contributed by atoms with van der Waals surface area (Å²) in [5.74, 6) is -0.416. The molecule has 0 bridgehead atoms. The van der Waals surface area contributed by atoms with Crippen molar-refractivity contribution in [3.63, 3.8) is 0 Å². The van der Waals surface area contributed by atoms with Crippen LogP contribution >= 0.6 is 11.6 Å². The van der Waals surface area contributed by atoms with Gasteiger partial charge in [-0.3, -0.25) is 14.5 Å². The van der Waals surface area contributed by atoms with E-state index in [1.54, 1.807) is 14.2 Å². The molecule has 2 amide bonds. The molecular formula is C47H62ClN3O10. The molecule has 1 aliphatic carbocycles. The molecule has 5 atom stereocenters.